The molecule has 0 bridgehead atoms. The van der Waals surface area contributed by atoms with Crippen LogP contribution < -0.4 is 5.32 Å². The Morgan fingerprint density at radius 2 is 1.55 bits per heavy atom. The molecular weight excluding hydrogens is 431 g/mol. The van der Waals surface area contributed by atoms with Crippen molar-refractivity contribution in [1.82, 2.24) is 10.2 Å². The molecule has 0 radical (unpaired) electrons. The Kier molecular flexibility index (Phi) is 8.79. The van der Waals surface area contributed by atoms with Crippen LogP contribution in [-0.4, -0.2) is 28.8 Å². The highest BCUT2D eigenvalue weighted by Crippen LogP contribution is 2.23. The molecule has 166 valence electrons. The predicted octanol–water partition coefficient (Wildman–Crippen LogP) is 5.79. The molecule has 1 atom stereocenters. The van der Waals surface area contributed by atoms with Crippen LogP contribution in [-0.2, 0) is 22.6 Å². The second-order valence-electron chi connectivity index (χ2n) is 8.15. The number of halogens is 2. The van der Waals surface area contributed by atoms with E-state index >= 15 is 0 Å². The van der Waals surface area contributed by atoms with E-state index in [0.717, 1.165) is 36.8 Å². The number of rotatable bonds is 8. The summed E-state index contributed by atoms with van der Waals surface area (Å²) in [5, 5.41) is 4.32. The first-order valence-electron chi connectivity index (χ1n) is 11.1. The Bertz CT molecular complexity index is 897. The van der Waals surface area contributed by atoms with Crippen LogP contribution in [0.15, 0.2) is 48.5 Å². The van der Waals surface area contributed by atoms with Gasteiger partial charge in [-0.1, -0.05) is 85.8 Å². The van der Waals surface area contributed by atoms with E-state index < -0.39 is 6.04 Å². The van der Waals surface area contributed by atoms with Gasteiger partial charge in [0.15, 0.2) is 0 Å². The molecule has 1 aliphatic carbocycles. The molecule has 0 saturated heterocycles. The third-order valence-electron chi connectivity index (χ3n) is 5.94. The predicted molar refractivity (Wildman–Crippen MR) is 126 cm³/mol. The summed E-state index contributed by atoms with van der Waals surface area (Å²) in [4.78, 5) is 28.3. The molecule has 31 heavy (non-hydrogen) atoms. The van der Waals surface area contributed by atoms with Gasteiger partial charge in [0.25, 0.3) is 0 Å². The summed E-state index contributed by atoms with van der Waals surface area (Å²) in [5.41, 5.74) is 1.57. The molecule has 1 aliphatic rings. The normalized spacial score (nSPS) is 15.3. The van der Waals surface area contributed by atoms with E-state index in [1.54, 1.807) is 17.0 Å². The topological polar surface area (TPSA) is 49.4 Å². The molecule has 0 spiro atoms. The minimum Gasteiger partial charge on any atom is -0.352 e. The molecule has 1 N–H and O–H groups in total. The van der Waals surface area contributed by atoms with Crippen molar-refractivity contribution in [3.8, 4) is 0 Å². The number of benzene rings is 2. The fraction of sp³-hybridized carbons (Fsp3) is 0.440. The lowest BCUT2D eigenvalue weighted by molar-refractivity contribution is -0.141. The third-order valence-corrected chi connectivity index (χ3v) is 6.67. The van der Waals surface area contributed by atoms with Crippen LogP contribution in [0.25, 0.3) is 0 Å². The summed E-state index contributed by atoms with van der Waals surface area (Å²) in [6, 6.07) is 14.4. The Labute approximate surface area is 194 Å². The van der Waals surface area contributed by atoms with Gasteiger partial charge < -0.3 is 10.2 Å². The number of carbonyl (C=O) groups excluding carboxylic acids is 2. The Morgan fingerprint density at radius 1 is 0.968 bits per heavy atom. The van der Waals surface area contributed by atoms with Crippen LogP contribution >= 0.6 is 23.2 Å². The molecule has 0 heterocycles. The van der Waals surface area contributed by atoms with E-state index in [4.69, 9.17) is 23.2 Å². The van der Waals surface area contributed by atoms with E-state index in [9.17, 15) is 9.59 Å². The molecule has 2 amide bonds. The minimum absolute atomic E-state index is 0.0889. The maximum atomic E-state index is 13.4. The van der Waals surface area contributed by atoms with Crippen LogP contribution in [0.4, 0.5) is 0 Å². The molecule has 2 aromatic rings. The van der Waals surface area contributed by atoms with Gasteiger partial charge in [0, 0.05) is 22.6 Å². The first kappa shape index (κ1) is 23.6. The van der Waals surface area contributed by atoms with Crippen LogP contribution in [0.5, 0.6) is 0 Å². The number of amides is 2. The Morgan fingerprint density at radius 3 is 2.13 bits per heavy atom. The fourth-order valence-corrected chi connectivity index (χ4v) is 4.58. The first-order chi connectivity index (χ1) is 15.0. The van der Waals surface area contributed by atoms with Gasteiger partial charge in [0.05, 0.1) is 6.42 Å². The van der Waals surface area contributed by atoms with Gasteiger partial charge in [-0.15, -0.1) is 0 Å². The van der Waals surface area contributed by atoms with Gasteiger partial charge in [0.2, 0.25) is 11.8 Å². The molecule has 6 heteroatoms. The highest BCUT2D eigenvalue weighted by Gasteiger charge is 2.30. The van der Waals surface area contributed by atoms with Crippen LogP contribution in [0.3, 0.4) is 0 Å². The van der Waals surface area contributed by atoms with Gasteiger partial charge in [-0.25, -0.2) is 0 Å². The van der Waals surface area contributed by atoms with Crippen LogP contribution in [0.1, 0.15) is 56.6 Å². The zero-order valence-corrected chi connectivity index (χ0v) is 19.5. The number of carbonyl (C=O) groups is 2. The van der Waals surface area contributed by atoms with Gasteiger partial charge in [-0.05, 0) is 42.5 Å². The van der Waals surface area contributed by atoms with Crippen LogP contribution in [0, 0.1) is 0 Å². The molecule has 4 nitrogen and oxygen atoms in total. The van der Waals surface area contributed by atoms with Crippen molar-refractivity contribution in [3.63, 3.8) is 0 Å². The van der Waals surface area contributed by atoms with Crippen molar-refractivity contribution < 1.29 is 9.59 Å². The van der Waals surface area contributed by atoms with Gasteiger partial charge in [-0.3, -0.25) is 9.59 Å². The van der Waals surface area contributed by atoms with E-state index in [1.165, 1.54) is 6.42 Å². The second-order valence-corrected chi connectivity index (χ2v) is 8.96. The maximum absolute atomic E-state index is 13.4. The van der Waals surface area contributed by atoms with Crippen molar-refractivity contribution in [2.24, 2.45) is 0 Å². The SMILES string of the molecule is CC[C@@H](C(=O)NC1CCCCC1)N(Cc1ccccc1Cl)C(=O)Cc1ccccc1Cl. The van der Waals surface area contributed by atoms with E-state index in [-0.39, 0.29) is 30.8 Å². The number of nitrogens with zero attached hydrogens (tertiary/aromatic N) is 1. The zero-order valence-electron chi connectivity index (χ0n) is 17.9. The highest BCUT2D eigenvalue weighted by atomic mass is 35.5. The average molecular weight is 461 g/mol. The molecule has 0 aromatic heterocycles. The molecule has 3 rings (SSSR count). The lowest BCUT2D eigenvalue weighted by Gasteiger charge is -2.33. The van der Waals surface area contributed by atoms with Crippen molar-refractivity contribution in [2.75, 3.05) is 0 Å². The number of hydrogen-bond acceptors (Lipinski definition) is 2. The van der Waals surface area contributed by atoms with Gasteiger partial charge in [0.1, 0.15) is 6.04 Å². The summed E-state index contributed by atoms with van der Waals surface area (Å²) in [7, 11) is 0. The van der Waals surface area contributed by atoms with Crippen molar-refractivity contribution in [3.05, 3.63) is 69.7 Å². The van der Waals surface area contributed by atoms with Crippen molar-refractivity contribution in [1.29, 1.82) is 0 Å². The maximum Gasteiger partial charge on any atom is 0.243 e. The number of nitrogens with one attached hydrogen (secondary N) is 1. The highest BCUT2D eigenvalue weighted by molar-refractivity contribution is 6.31. The van der Waals surface area contributed by atoms with Crippen LogP contribution in [0.2, 0.25) is 10.0 Å². The zero-order chi connectivity index (χ0) is 22.2. The van der Waals surface area contributed by atoms with E-state index in [0.29, 0.717) is 16.5 Å². The summed E-state index contributed by atoms with van der Waals surface area (Å²) in [6.07, 6.45) is 6.15. The van der Waals surface area contributed by atoms with Crippen molar-refractivity contribution >= 4 is 35.0 Å². The van der Waals surface area contributed by atoms with E-state index in [2.05, 4.69) is 5.32 Å². The first-order valence-corrected chi connectivity index (χ1v) is 11.8. The summed E-state index contributed by atoms with van der Waals surface area (Å²) >= 11 is 12.7. The lowest BCUT2D eigenvalue weighted by Crippen LogP contribution is -2.52. The third kappa shape index (κ3) is 6.47. The standard InChI is InChI=1S/C25H30Cl2N2O2/c1-2-23(25(31)28-20-12-4-3-5-13-20)29(17-19-11-7-9-15-22(19)27)24(30)16-18-10-6-8-14-21(18)26/h6-11,14-15,20,23H,2-5,12-13,16-17H2,1H3,(H,28,31)/t23-/m0/s1. The lowest BCUT2D eigenvalue weighted by atomic mass is 9.95. The molecule has 0 aliphatic heterocycles. The van der Waals surface area contributed by atoms with E-state index in [1.807, 2.05) is 43.3 Å². The summed E-state index contributed by atoms with van der Waals surface area (Å²) in [6.45, 7) is 2.22. The summed E-state index contributed by atoms with van der Waals surface area (Å²) < 4.78 is 0. The van der Waals surface area contributed by atoms with Crippen molar-refractivity contribution in [2.45, 2.75) is 70.5 Å². The molecule has 2 aromatic carbocycles. The minimum atomic E-state index is -0.562. The van der Waals surface area contributed by atoms with Gasteiger partial charge >= 0.3 is 0 Å². The molecule has 0 unspecified atom stereocenters. The smallest absolute Gasteiger partial charge is 0.243 e. The quantitative estimate of drug-likeness (QED) is 0.541. The van der Waals surface area contributed by atoms with Gasteiger partial charge in [-0.2, -0.15) is 0 Å². The monoisotopic (exact) mass is 460 g/mol. The number of hydrogen-bond donors (Lipinski definition) is 1. The Balaban J connectivity index is 1.83. The second kappa shape index (κ2) is 11.5. The molecular formula is C25H30Cl2N2O2. The Hall–Kier alpha value is -2.04. The fourth-order valence-electron chi connectivity index (χ4n) is 4.18. The molecule has 1 fully saturated rings. The largest absolute Gasteiger partial charge is 0.352 e. The summed E-state index contributed by atoms with van der Waals surface area (Å²) in [5.74, 6) is -0.229. The molecule has 1 saturated carbocycles. The average Bonchev–Trinajstić information content (AvgIpc) is 2.77.